The summed E-state index contributed by atoms with van der Waals surface area (Å²) in [6.45, 7) is 0. The van der Waals surface area contributed by atoms with Gasteiger partial charge in [-0.15, -0.1) is 22.7 Å². The Hall–Kier alpha value is -1.62. The van der Waals surface area contributed by atoms with Crippen LogP contribution in [0.4, 0.5) is 35.1 Å². The van der Waals surface area contributed by atoms with E-state index >= 15 is 0 Å². The maximum atomic E-state index is 14.1. The molecule has 0 aliphatic rings. The molecule has 0 saturated carbocycles. The van der Waals surface area contributed by atoms with Crippen molar-refractivity contribution in [2.45, 2.75) is 0 Å². The fourth-order valence-electron chi connectivity index (χ4n) is 1.74. The maximum Gasteiger partial charge on any atom is 0.226 e. The lowest BCUT2D eigenvalue weighted by Gasteiger charge is -1.99. The minimum absolute atomic E-state index is 0.191. The van der Waals surface area contributed by atoms with Gasteiger partial charge < -0.3 is 0 Å². The van der Waals surface area contributed by atoms with Gasteiger partial charge in [-0.05, 0) is 47.5 Å². The van der Waals surface area contributed by atoms with Gasteiger partial charge in [0.05, 0.1) is 19.5 Å². The van der Waals surface area contributed by atoms with E-state index < -0.39 is 65.0 Å². The van der Waals surface area contributed by atoms with Gasteiger partial charge in [-0.25, -0.2) is 26.3 Å². The van der Waals surface area contributed by atoms with Crippen LogP contribution >= 0.6 is 45.9 Å². The van der Waals surface area contributed by atoms with Crippen molar-refractivity contribution in [1.29, 1.82) is 0 Å². The Morgan fingerprint density at radius 1 is 0.500 bits per heavy atom. The van der Waals surface area contributed by atoms with Crippen LogP contribution in [-0.2, 0) is 0 Å². The molecule has 0 aromatic carbocycles. The third kappa shape index (κ3) is 4.86. The minimum Gasteiger partial charge on any atom is -0.202 e. The third-order valence-electron chi connectivity index (χ3n) is 2.99. The van der Waals surface area contributed by atoms with Crippen LogP contribution in [0.25, 0.3) is 23.3 Å². The maximum absolute atomic E-state index is 14.1. The molecule has 0 spiro atoms. The molecule has 0 radical (unpaired) electrons. The average Bonchev–Trinajstić information content (AvgIpc) is 3.33. The highest BCUT2D eigenvalue weighted by Gasteiger charge is 2.23. The fraction of sp³-hybridized carbons (Fsp3) is 0. The van der Waals surface area contributed by atoms with Crippen LogP contribution in [0.3, 0.4) is 0 Å². The van der Waals surface area contributed by atoms with Crippen LogP contribution in [0.1, 0.15) is 19.5 Å². The highest BCUT2D eigenvalue weighted by molar-refractivity contribution is 7.14. The van der Waals surface area contributed by atoms with Crippen LogP contribution in [0.15, 0.2) is 46.5 Å². The molecule has 0 aliphatic heterocycles. The Morgan fingerprint density at radius 3 is 1.00 bits per heavy atom. The summed E-state index contributed by atoms with van der Waals surface area (Å²) in [6.07, 6.45) is 0. The van der Waals surface area contributed by atoms with Crippen molar-refractivity contribution >= 4 is 69.2 Å². The van der Waals surface area contributed by atoms with Crippen molar-refractivity contribution in [3.8, 4) is 0 Å². The Morgan fingerprint density at radius 2 is 0.750 bits per heavy atom. The van der Waals surface area contributed by atoms with Crippen LogP contribution in [0, 0.1) is 0 Å². The zero-order valence-electron chi connectivity index (χ0n) is 12.9. The molecule has 2 aromatic heterocycles. The number of hydrogen-bond acceptors (Lipinski definition) is 2. The van der Waals surface area contributed by atoms with Gasteiger partial charge >= 0.3 is 0 Å². The molecule has 0 bridgehead atoms. The van der Waals surface area contributed by atoms with Crippen molar-refractivity contribution in [1.82, 2.24) is 0 Å². The van der Waals surface area contributed by atoms with Crippen molar-refractivity contribution in [3.05, 3.63) is 66.0 Å². The van der Waals surface area contributed by atoms with Crippen LogP contribution in [0.2, 0.25) is 0 Å². The predicted octanol–water partition coefficient (Wildman–Crippen LogP) is 9.33. The second-order valence-corrected chi connectivity index (χ2v) is 7.56. The van der Waals surface area contributed by atoms with Crippen molar-refractivity contribution in [3.63, 3.8) is 0 Å². The number of thiophene rings is 2. The van der Waals surface area contributed by atoms with Crippen LogP contribution in [-0.4, -0.2) is 0 Å². The number of allylic oxidation sites excluding steroid dienone is 2. The van der Waals surface area contributed by atoms with Gasteiger partial charge in [0.25, 0.3) is 0 Å². The van der Waals surface area contributed by atoms with Gasteiger partial charge in [0.1, 0.15) is 0 Å². The third-order valence-corrected chi connectivity index (χ3v) is 5.46. The zero-order valence-corrected chi connectivity index (χ0v) is 16.1. The molecule has 0 nitrogen and oxygen atoms in total. The molecular formula is C16H4Cl2F8S2. The topological polar surface area (TPSA) is 0 Å². The monoisotopic (exact) mass is 482 g/mol. The number of halogens is 10. The van der Waals surface area contributed by atoms with E-state index in [1.165, 1.54) is 0 Å². The van der Waals surface area contributed by atoms with Gasteiger partial charge in [0, 0.05) is 0 Å². The van der Waals surface area contributed by atoms with E-state index in [0.29, 0.717) is 0 Å². The highest BCUT2D eigenvalue weighted by atomic mass is 35.5. The lowest BCUT2D eigenvalue weighted by Crippen LogP contribution is -1.84. The molecule has 0 atom stereocenters. The molecule has 2 heterocycles. The molecule has 0 saturated heterocycles. The molecule has 0 amide bonds. The minimum atomic E-state index is -2.27. The summed E-state index contributed by atoms with van der Waals surface area (Å²) in [5.74, 6) is -11.4. The molecular weight excluding hydrogens is 479 g/mol. The molecule has 0 unspecified atom stereocenters. The van der Waals surface area contributed by atoms with Crippen molar-refractivity contribution in [2.75, 3.05) is 0 Å². The molecule has 0 fully saturated rings. The molecule has 12 heteroatoms. The predicted molar refractivity (Wildman–Crippen MR) is 96.9 cm³/mol. The van der Waals surface area contributed by atoms with Gasteiger partial charge in [-0.3, -0.25) is 0 Å². The SMILES string of the molecule is F/C(Cl)=C(\F)c1ccc(/C(F)=C(F)/C(F)=C(\F)c2ccc(/C(F)=C(/F)Cl)s2)s1. The van der Waals surface area contributed by atoms with Crippen molar-refractivity contribution < 1.29 is 35.1 Å². The Bertz CT molecular complexity index is 939. The molecule has 150 valence electrons. The smallest absolute Gasteiger partial charge is 0.202 e. The summed E-state index contributed by atoms with van der Waals surface area (Å²) >= 11 is 9.99. The van der Waals surface area contributed by atoms with Gasteiger partial charge in [0.2, 0.25) is 10.6 Å². The van der Waals surface area contributed by atoms with E-state index in [-0.39, 0.29) is 22.7 Å². The largest absolute Gasteiger partial charge is 0.226 e. The first kappa shape index (κ1) is 22.7. The Kier molecular flexibility index (Phi) is 7.49. The molecule has 28 heavy (non-hydrogen) atoms. The van der Waals surface area contributed by atoms with Crippen LogP contribution < -0.4 is 0 Å². The first-order chi connectivity index (χ1) is 13.0. The second kappa shape index (κ2) is 9.25. The van der Waals surface area contributed by atoms with E-state index in [1.807, 2.05) is 0 Å². The summed E-state index contributed by atoms with van der Waals surface area (Å²) in [7, 11) is 0. The standard InChI is InChI=1S/C16H4Cl2F8S2/c17-15(25)11(21)7-3-1-5(27-7)9(19)13(23)14(24)10(20)6-2-4-8(28-6)12(22)16(18)26/h1-4H/b13-9+,14-10+,15-11-,16-12-. The van der Waals surface area contributed by atoms with Crippen molar-refractivity contribution in [2.24, 2.45) is 0 Å². The highest BCUT2D eigenvalue weighted by Crippen LogP contribution is 2.40. The molecule has 0 aliphatic carbocycles. The second-order valence-electron chi connectivity index (χ2n) is 4.73. The van der Waals surface area contributed by atoms with E-state index in [4.69, 9.17) is 23.2 Å². The van der Waals surface area contributed by atoms with E-state index in [1.54, 1.807) is 0 Å². The number of hydrogen-bond donors (Lipinski definition) is 0. The first-order valence-corrected chi connectivity index (χ1v) is 9.17. The van der Waals surface area contributed by atoms with Gasteiger partial charge in [-0.1, -0.05) is 0 Å². The van der Waals surface area contributed by atoms with E-state index in [9.17, 15) is 35.1 Å². The molecule has 2 aromatic rings. The lowest BCUT2D eigenvalue weighted by molar-refractivity contribution is 0.520. The van der Waals surface area contributed by atoms with Gasteiger partial charge in [-0.2, -0.15) is 8.78 Å². The van der Waals surface area contributed by atoms with E-state index in [2.05, 4.69) is 0 Å². The Balaban J connectivity index is 2.42. The summed E-state index contributed by atoms with van der Waals surface area (Å²) in [5, 5.41) is -3.45. The van der Waals surface area contributed by atoms with E-state index in [0.717, 1.165) is 24.3 Å². The quantitative estimate of drug-likeness (QED) is 0.294. The summed E-state index contributed by atoms with van der Waals surface area (Å²) in [5.41, 5.74) is 0. The summed E-state index contributed by atoms with van der Waals surface area (Å²) in [4.78, 5) is -2.37. The Labute approximate surface area is 170 Å². The lowest BCUT2D eigenvalue weighted by atomic mass is 10.3. The molecule has 2 rings (SSSR count). The summed E-state index contributed by atoms with van der Waals surface area (Å²) < 4.78 is 108. The average molecular weight is 483 g/mol. The first-order valence-electron chi connectivity index (χ1n) is 6.78. The fourth-order valence-corrected chi connectivity index (χ4v) is 3.79. The van der Waals surface area contributed by atoms with Gasteiger partial charge in [0.15, 0.2) is 35.0 Å². The zero-order chi connectivity index (χ0) is 21.2. The molecule has 0 N–H and O–H groups in total. The normalized spacial score (nSPS) is 15.6. The van der Waals surface area contributed by atoms with Crippen LogP contribution in [0.5, 0.6) is 0 Å². The summed E-state index contributed by atoms with van der Waals surface area (Å²) in [6, 6.07) is 3.30. The number of rotatable bonds is 5.